The number of rotatable bonds is 4. The van der Waals surface area contributed by atoms with Gasteiger partial charge in [0.1, 0.15) is 0 Å². The first-order chi connectivity index (χ1) is 10.0. The third-order valence-corrected chi connectivity index (χ3v) is 3.12. The largest absolute Gasteiger partial charge is 0.465 e. The molecule has 0 N–H and O–H groups in total. The Hall–Kier alpha value is -2.43. The summed E-state index contributed by atoms with van der Waals surface area (Å²) in [5.41, 5.74) is 1.69. The molecular weight excluding hydrogens is 276 g/mol. The second-order valence-electron chi connectivity index (χ2n) is 4.61. The highest BCUT2D eigenvalue weighted by Crippen LogP contribution is 2.22. The van der Waals surface area contributed by atoms with Crippen LogP contribution in [0.1, 0.15) is 15.9 Å². The zero-order valence-corrected chi connectivity index (χ0v) is 11.8. The summed E-state index contributed by atoms with van der Waals surface area (Å²) in [6.07, 6.45) is 0. The number of carbonyl (C=O) groups is 1. The second kappa shape index (κ2) is 6.35. The zero-order valence-electron chi connectivity index (χ0n) is 11.8. The maximum Gasteiger partial charge on any atom is 0.339 e. The van der Waals surface area contributed by atoms with Crippen LogP contribution < -0.4 is 4.90 Å². The lowest BCUT2D eigenvalue weighted by Crippen LogP contribution is -2.20. The van der Waals surface area contributed by atoms with Crippen molar-refractivity contribution >= 4 is 11.7 Å². The molecule has 0 aliphatic rings. The van der Waals surface area contributed by atoms with Crippen LogP contribution in [0.4, 0.5) is 14.5 Å². The molecule has 0 bridgehead atoms. The predicted octanol–water partition coefficient (Wildman–Crippen LogP) is 3.39. The van der Waals surface area contributed by atoms with Crippen LogP contribution in [0.3, 0.4) is 0 Å². The minimum atomic E-state index is -0.887. The van der Waals surface area contributed by atoms with Crippen LogP contribution >= 0.6 is 0 Å². The standard InChI is InChI=1S/C16H15F2NO2/c1-19(10-11-7-8-13(17)14(18)9-11)15-6-4-3-5-12(15)16(20)21-2/h3-9H,10H2,1-2H3. The lowest BCUT2D eigenvalue weighted by Gasteiger charge is -2.21. The molecule has 110 valence electrons. The van der Waals surface area contributed by atoms with Crippen molar-refractivity contribution in [3.05, 3.63) is 65.2 Å². The Bertz CT molecular complexity index is 658. The van der Waals surface area contributed by atoms with Crippen LogP contribution in [0, 0.1) is 11.6 Å². The SMILES string of the molecule is COC(=O)c1ccccc1N(C)Cc1ccc(F)c(F)c1. The highest BCUT2D eigenvalue weighted by Gasteiger charge is 2.14. The van der Waals surface area contributed by atoms with E-state index in [1.165, 1.54) is 13.2 Å². The van der Waals surface area contributed by atoms with E-state index in [4.69, 9.17) is 4.74 Å². The summed E-state index contributed by atoms with van der Waals surface area (Å²) in [5, 5.41) is 0. The van der Waals surface area contributed by atoms with Crippen LogP contribution in [0.25, 0.3) is 0 Å². The fraction of sp³-hybridized carbons (Fsp3) is 0.188. The van der Waals surface area contributed by atoms with Gasteiger partial charge < -0.3 is 9.64 Å². The van der Waals surface area contributed by atoms with Crippen molar-refractivity contribution in [2.24, 2.45) is 0 Å². The maximum absolute atomic E-state index is 13.2. The number of carbonyl (C=O) groups excluding carboxylic acids is 1. The van der Waals surface area contributed by atoms with Crippen molar-refractivity contribution < 1.29 is 18.3 Å². The van der Waals surface area contributed by atoms with E-state index in [9.17, 15) is 13.6 Å². The highest BCUT2D eigenvalue weighted by atomic mass is 19.2. The zero-order chi connectivity index (χ0) is 15.4. The van der Waals surface area contributed by atoms with E-state index in [-0.39, 0.29) is 0 Å². The summed E-state index contributed by atoms with van der Waals surface area (Å²) in [6.45, 7) is 0.338. The van der Waals surface area contributed by atoms with E-state index in [0.29, 0.717) is 23.4 Å². The van der Waals surface area contributed by atoms with Crippen LogP contribution in [-0.4, -0.2) is 20.1 Å². The molecular formula is C16H15F2NO2. The molecule has 0 aliphatic heterocycles. The Morgan fingerprint density at radius 1 is 1.14 bits per heavy atom. The number of nitrogens with zero attached hydrogens (tertiary/aromatic N) is 1. The maximum atomic E-state index is 13.2. The summed E-state index contributed by atoms with van der Waals surface area (Å²) >= 11 is 0. The van der Waals surface area contributed by atoms with Gasteiger partial charge in [0.15, 0.2) is 11.6 Å². The molecule has 2 aromatic rings. The minimum absolute atomic E-state index is 0.338. The van der Waals surface area contributed by atoms with Crippen LogP contribution in [-0.2, 0) is 11.3 Å². The van der Waals surface area contributed by atoms with Crippen LogP contribution in [0.5, 0.6) is 0 Å². The van der Waals surface area contributed by atoms with Crippen molar-refractivity contribution in [2.45, 2.75) is 6.54 Å². The number of hydrogen-bond acceptors (Lipinski definition) is 3. The van der Waals surface area contributed by atoms with Crippen LogP contribution in [0.15, 0.2) is 42.5 Å². The summed E-state index contributed by atoms with van der Waals surface area (Å²) in [7, 11) is 3.08. The van der Waals surface area contributed by atoms with Crippen molar-refractivity contribution in [2.75, 3.05) is 19.1 Å². The first-order valence-corrected chi connectivity index (χ1v) is 6.35. The molecule has 2 rings (SSSR count). The monoisotopic (exact) mass is 291 g/mol. The molecule has 0 amide bonds. The quantitative estimate of drug-likeness (QED) is 0.809. The predicted molar refractivity (Wildman–Crippen MR) is 76.2 cm³/mol. The Morgan fingerprint density at radius 2 is 1.86 bits per heavy atom. The van der Waals surface area contributed by atoms with Gasteiger partial charge in [0.05, 0.1) is 18.4 Å². The lowest BCUT2D eigenvalue weighted by molar-refractivity contribution is 0.0601. The third-order valence-electron chi connectivity index (χ3n) is 3.12. The average molecular weight is 291 g/mol. The molecule has 0 aliphatic carbocycles. The number of anilines is 1. The number of halogens is 2. The van der Waals surface area contributed by atoms with Gasteiger partial charge in [-0.05, 0) is 29.8 Å². The fourth-order valence-corrected chi connectivity index (χ4v) is 2.09. The molecule has 2 aromatic carbocycles. The van der Waals surface area contributed by atoms with Gasteiger partial charge in [-0.1, -0.05) is 18.2 Å². The summed E-state index contributed by atoms with van der Waals surface area (Å²) in [5.74, 6) is -2.21. The fourth-order valence-electron chi connectivity index (χ4n) is 2.09. The van der Waals surface area contributed by atoms with Gasteiger partial charge in [0, 0.05) is 13.6 Å². The lowest BCUT2D eigenvalue weighted by atomic mass is 10.1. The Balaban J connectivity index is 2.26. The van der Waals surface area contributed by atoms with Crippen molar-refractivity contribution in [3.8, 4) is 0 Å². The van der Waals surface area contributed by atoms with Crippen molar-refractivity contribution in [3.63, 3.8) is 0 Å². The van der Waals surface area contributed by atoms with Crippen molar-refractivity contribution in [1.82, 2.24) is 0 Å². The average Bonchev–Trinajstić information content (AvgIpc) is 2.50. The molecule has 0 spiro atoms. The van der Waals surface area contributed by atoms with Crippen molar-refractivity contribution in [1.29, 1.82) is 0 Å². The second-order valence-corrected chi connectivity index (χ2v) is 4.61. The van der Waals surface area contributed by atoms with Gasteiger partial charge in [-0.3, -0.25) is 0 Å². The van der Waals surface area contributed by atoms with Gasteiger partial charge >= 0.3 is 5.97 Å². The summed E-state index contributed by atoms with van der Waals surface area (Å²) < 4.78 is 30.9. The van der Waals surface area contributed by atoms with Gasteiger partial charge in [-0.15, -0.1) is 0 Å². The molecule has 0 fully saturated rings. The number of hydrogen-bond donors (Lipinski definition) is 0. The van der Waals surface area contributed by atoms with Gasteiger partial charge in [0.25, 0.3) is 0 Å². The number of esters is 1. The highest BCUT2D eigenvalue weighted by molar-refractivity contribution is 5.95. The van der Waals surface area contributed by atoms with Gasteiger partial charge in [-0.25, -0.2) is 13.6 Å². The Morgan fingerprint density at radius 3 is 2.52 bits per heavy atom. The molecule has 0 unspecified atom stereocenters. The van der Waals surface area contributed by atoms with E-state index in [1.54, 1.807) is 36.2 Å². The Labute approximate surface area is 121 Å². The molecule has 0 saturated carbocycles. The summed E-state index contributed by atoms with van der Waals surface area (Å²) in [4.78, 5) is 13.5. The van der Waals surface area contributed by atoms with E-state index in [2.05, 4.69) is 0 Å². The molecule has 3 nitrogen and oxygen atoms in total. The third kappa shape index (κ3) is 3.37. The molecule has 0 aromatic heterocycles. The topological polar surface area (TPSA) is 29.5 Å². The molecule has 0 saturated heterocycles. The normalized spacial score (nSPS) is 10.3. The first kappa shape index (κ1) is 15.0. The molecule has 21 heavy (non-hydrogen) atoms. The Kier molecular flexibility index (Phi) is 4.52. The number of methoxy groups -OCH3 is 1. The summed E-state index contributed by atoms with van der Waals surface area (Å²) in [6, 6.07) is 10.7. The van der Waals surface area contributed by atoms with E-state index in [1.807, 2.05) is 0 Å². The van der Waals surface area contributed by atoms with E-state index in [0.717, 1.165) is 12.1 Å². The smallest absolute Gasteiger partial charge is 0.339 e. The molecule has 0 atom stereocenters. The number of para-hydroxylation sites is 1. The minimum Gasteiger partial charge on any atom is -0.465 e. The number of benzene rings is 2. The van der Waals surface area contributed by atoms with Crippen LogP contribution in [0.2, 0.25) is 0 Å². The molecule has 0 heterocycles. The van der Waals surface area contributed by atoms with Gasteiger partial charge in [0.2, 0.25) is 0 Å². The molecule has 0 radical (unpaired) electrons. The molecule has 5 heteroatoms. The first-order valence-electron chi connectivity index (χ1n) is 6.35. The van der Waals surface area contributed by atoms with E-state index >= 15 is 0 Å². The van der Waals surface area contributed by atoms with E-state index < -0.39 is 17.6 Å². The van der Waals surface area contributed by atoms with Gasteiger partial charge in [-0.2, -0.15) is 0 Å². The number of ether oxygens (including phenoxy) is 1.